The van der Waals surface area contributed by atoms with Gasteiger partial charge in [-0.1, -0.05) is 42.5 Å². The van der Waals surface area contributed by atoms with Crippen LogP contribution in [-0.4, -0.2) is 176 Å². The number of pyridine rings is 1. The van der Waals surface area contributed by atoms with E-state index in [2.05, 4.69) is 51.6 Å². The fourth-order valence-corrected chi connectivity index (χ4v) is 10.00. The molecular weight excluding hydrogens is 1070 g/mol. The predicted molar refractivity (Wildman–Crippen MR) is 299 cm³/mol. The SMILES string of the molecule is NCCC[C@H](NC(=O)[C@H](CCCN=C(N)N)NC(=O)[C@@H]1CCCN1C(=O)[C@@H](N)CCCN=C(N)N)C(=O)N[C@@H](CCCC(=O)NCCNS(=O)(=O)c1cccc2cnccc12)C(=O)N[C@@H](CO)C(=O)N[C@@H](Cc1ccccc1)C(=O)O. The van der Waals surface area contributed by atoms with E-state index in [1.54, 1.807) is 48.5 Å². The second kappa shape index (κ2) is 33.5. The molecule has 0 spiro atoms. The molecule has 1 aliphatic rings. The smallest absolute Gasteiger partial charge is 0.326 e. The third-order valence-electron chi connectivity index (χ3n) is 12.9. The van der Waals surface area contributed by atoms with Gasteiger partial charge in [0.05, 0.1) is 17.5 Å². The number of likely N-dealkylation sites (tertiary alicyclic amines) is 1. The number of aromatic nitrogens is 1. The molecule has 2 heterocycles. The van der Waals surface area contributed by atoms with Crippen molar-refractivity contribution in [3.8, 4) is 0 Å². The number of amides is 7. The fourth-order valence-electron chi connectivity index (χ4n) is 8.74. The summed E-state index contributed by atoms with van der Waals surface area (Å²) in [7, 11) is -4.01. The van der Waals surface area contributed by atoms with Crippen molar-refractivity contribution in [1.29, 1.82) is 0 Å². The van der Waals surface area contributed by atoms with Gasteiger partial charge in [-0.2, -0.15) is 0 Å². The van der Waals surface area contributed by atoms with Crippen LogP contribution in [0.25, 0.3) is 10.8 Å². The molecule has 4 rings (SSSR count). The molecule has 7 atom stereocenters. The highest BCUT2D eigenvalue weighted by Crippen LogP contribution is 2.22. The van der Waals surface area contributed by atoms with Crippen molar-refractivity contribution in [2.24, 2.45) is 44.4 Å². The number of benzene rings is 2. The number of guanidine groups is 2. The highest BCUT2D eigenvalue weighted by atomic mass is 32.2. The van der Waals surface area contributed by atoms with E-state index in [4.69, 9.17) is 34.4 Å². The number of hydrogen-bond acceptors (Lipinski definition) is 16. The molecule has 81 heavy (non-hydrogen) atoms. The molecule has 0 bridgehead atoms. The zero-order valence-corrected chi connectivity index (χ0v) is 45.8. The summed E-state index contributed by atoms with van der Waals surface area (Å²) >= 11 is 0. The monoisotopic (exact) mass is 1150 g/mol. The first-order valence-electron chi connectivity index (χ1n) is 26.5. The molecule has 3 aromatic rings. The summed E-state index contributed by atoms with van der Waals surface area (Å²) in [6, 6.07) is 5.17. The van der Waals surface area contributed by atoms with Crippen molar-refractivity contribution in [3.63, 3.8) is 0 Å². The highest BCUT2D eigenvalue weighted by molar-refractivity contribution is 7.89. The van der Waals surface area contributed by atoms with Crippen LogP contribution in [0.15, 0.2) is 81.9 Å². The molecule has 444 valence electrons. The van der Waals surface area contributed by atoms with Gasteiger partial charge in [-0.25, -0.2) is 17.9 Å². The Morgan fingerprint density at radius 3 is 1.90 bits per heavy atom. The molecule has 30 heteroatoms. The van der Waals surface area contributed by atoms with Crippen LogP contribution in [0, 0.1) is 0 Å². The number of fused-ring (bicyclic) bond motifs is 1. The minimum Gasteiger partial charge on any atom is -0.480 e. The van der Waals surface area contributed by atoms with Gasteiger partial charge in [-0.3, -0.25) is 48.5 Å². The maximum absolute atomic E-state index is 14.3. The van der Waals surface area contributed by atoms with Crippen LogP contribution in [-0.2, 0) is 54.8 Å². The average molecular weight is 1150 g/mol. The molecular formula is C51H77N17O12S. The molecule has 0 saturated carbocycles. The Kier molecular flexibility index (Phi) is 27.1. The number of nitrogens with two attached hydrogens (primary N) is 6. The van der Waals surface area contributed by atoms with E-state index in [0.717, 1.165) is 0 Å². The van der Waals surface area contributed by atoms with E-state index >= 15 is 0 Å². The standard InChI is InChI=1S/C51H77N17O12S/c52-21-6-15-36(64-44(72)37(16-8-23-61-51(56)57)65-47(75)40-17-9-27-68(40)48(76)34(53)13-7-22-60-50(54)55)43(71)63-35(45(73)67-39(30-69)46(74)66-38(49(77)78)28-31-10-2-1-3-11-31)14-5-19-42(70)59-25-26-62-81(79,80)41-18-4-12-32-29-58-24-20-33(32)41/h1-4,10-12,18,20,24,29,34-40,62,69H,5-9,13-17,19,21-23,25-28,30,52-53H2,(H,59,70)(H,63,71)(H,64,72)(H,65,75)(H,66,74)(H,67,73)(H,77,78)(H4,54,55,60)(H4,56,57,61)/t34-,35-,36-,37-,38-,39-,40-/m0/s1. The van der Waals surface area contributed by atoms with Crippen molar-refractivity contribution in [3.05, 3.63) is 72.6 Å². The lowest BCUT2D eigenvalue weighted by molar-refractivity contribution is -0.142. The minimum atomic E-state index is -4.01. The summed E-state index contributed by atoms with van der Waals surface area (Å²) in [6.07, 6.45) is 3.74. The largest absolute Gasteiger partial charge is 0.480 e. The normalized spacial score (nSPS) is 15.3. The Morgan fingerprint density at radius 1 is 0.704 bits per heavy atom. The van der Waals surface area contributed by atoms with E-state index in [1.165, 1.54) is 23.4 Å². The van der Waals surface area contributed by atoms with E-state index in [1.807, 2.05) is 0 Å². The summed E-state index contributed by atoms with van der Waals surface area (Å²) < 4.78 is 28.8. The summed E-state index contributed by atoms with van der Waals surface area (Å²) in [5.74, 6) is -7.32. The number of carbonyl (C=O) groups excluding carboxylic acids is 7. The number of carboxylic acids is 1. The lowest BCUT2D eigenvalue weighted by Gasteiger charge is -2.29. The van der Waals surface area contributed by atoms with E-state index in [9.17, 15) is 57.0 Å². The number of aliphatic carboxylic acids is 1. The molecule has 2 aromatic carbocycles. The zero-order valence-electron chi connectivity index (χ0n) is 45.0. The number of aliphatic hydroxyl groups is 1. The van der Waals surface area contributed by atoms with E-state index < -0.39 is 106 Å². The number of hydrogen-bond donors (Lipinski definition) is 15. The Bertz CT molecular complexity index is 2780. The minimum absolute atomic E-state index is 0.0160. The molecule has 0 radical (unpaired) electrons. The predicted octanol–water partition coefficient (Wildman–Crippen LogP) is -4.29. The number of rotatable bonds is 35. The molecule has 1 fully saturated rings. The fraction of sp³-hybridized carbons (Fsp3) is 0.510. The van der Waals surface area contributed by atoms with Crippen LogP contribution in [0.2, 0.25) is 0 Å². The Morgan fingerprint density at radius 2 is 1.28 bits per heavy atom. The number of nitrogens with one attached hydrogen (secondary N) is 7. The first-order chi connectivity index (χ1) is 38.6. The van der Waals surface area contributed by atoms with Crippen LogP contribution in [0.4, 0.5) is 0 Å². The van der Waals surface area contributed by atoms with Crippen LogP contribution >= 0.6 is 0 Å². The quantitative estimate of drug-likeness (QED) is 0.0151. The molecule has 1 aromatic heterocycles. The van der Waals surface area contributed by atoms with Gasteiger partial charge in [-0.15, -0.1) is 0 Å². The summed E-state index contributed by atoms with van der Waals surface area (Å²) in [5.41, 5.74) is 34.4. The third kappa shape index (κ3) is 21.8. The van der Waals surface area contributed by atoms with Crippen LogP contribution in [0.5, 0.6) is 0 Å². The Labute approximate surface area is 469 Å². The summed E-state index contributed by atoms with van der Waals surface area (Å²) in [5, 5.41) is 36.5. The second-order valence-electron chi connectivity index (χ2n) is 19.1. The van der Waals surface area contributed by atoms with Gasteiger partial charge in [0.25, 0.3) is 0 Å². The van der Waals surface area contributed by atoms with Crippen molar-refractivity contribution in [2.45, 2.75) is 124 Å². The van der Waals surface area contributed by atoms with Gasteiger partial charge in [0.15, 0.2) is 11.9 Å². The number of carboxylic acid groups (broad SMARTS) is 1. The number of sulfonamides is 1. The molecule has 1 saturated heterocycles. The second-order valence-corrected chi connectivity index (χ2v) is 20.9. The van der Waals surface area contributed by atoms with Crippen molar-refractivity contribution >= 4 is 80.0 Å². The van der Waals surface area contributed by atoms with Gasteiger partial charge in [0, 0.05) is 68.7 Å². The maximum Gasteiger partial charge on any atom is 0.326 e. The van der Waals surface area contributed by atoms with Gasteiger partial charge < -0.3 is 81.4 Å². The number of aliphatic imine (C=N–C) groups is 2. The lowest BCUT2D eigenvalue weighted by Crippen LogP contribution is -2.60. The molecule has 0 aliphatic carbocycles. The third-order valence-corrected chi connectivity index (χ3v) is 14.5. The highest BCUT2D eigenvalue weighted by Gasteiger charge is 2.38. The molecule has 7 amide bonds. The van der Waals surface area contributed by atoms with Crippen molar-refractivity contribution in [2.75, 3.05) is 45.9 Å². The Hall–Kier alpha value is -8.06. The number of carbonyl (C=O) groups is 8. The van der Waals surface area contributed by atoms with Crippen molar-refractivity contribution < 1.29 is 57.0 Å². The van der Waals surface area contributed by atoms with Gasteiger partial charge in [0.2, 0.25) is 51.4 Å². The Balaban J connectivity index is 1.51. The molecule has 0 unspecified atom stereocenters. The first-order valence-corrected chi connectivity index (χ1v) is 28.0. The summed E-state index contributed by atoms with van der Waals surface area (Å²) in [4.78, 5) is 122. The maximum atomic E-state index is 14.3. The topological polar surface area (TPSA) is 492 Å². The van der Waals surface area contributed by atoms with Gasteiger partial charge >= 0.3 is 5.97 Å². The summed E-state index contributed by atoms with van der Waals surface area (Å²) in [6.45, 7) is -0.772. The van der Waals surface area contributed by atoms with E-state index in [-0.39, 0.29) is 120 Å². The molecule has 29 nitrogen and oxygen atoms in total. The molecule has 21 N–H and O–H groups in total. The molecule has 1 aliphatic heterocycles. The van der Waals surface area contributed by atoms with Gasteiger partial charge in [0.1, 0.15) is 36.3 Å². The number of aliphatic hydroxyl groups excluding tert-OH is 1. The van der Waals surface area contributed by atoms with Crippen LogP contribution < -0.4 is 71.0 Å². The first kappa shape index (κ1) is 65.5. The van der Waals surface area contributed by atoms with Crippen LogP contribution in [0.1, 0.15) is 76.2 Å². The van der Waals surface area contributed by atoms with E-state index in [0.29, 0.717) is 29.2 Å². The van der Waals surface area contributed by atoms with Crippen molar-refractivity contribution in [1.82, 2.24) is 46.5 Å². The van der Waals surface area contributed by atoms with Gasteiger partial charge in [-0.05, 0) is 88.4 Å². The lowest BCUT2D eigenvalue weighted by atomic mass is 10.0. The average Bonchev–Trinajstić information content (AvgIpc) is 4.01. The number of nitrogens with zero attached hydrogens (tertiary/aromatic N) is 4. The zero-order chi connectivity index (χ0) is 59.5. The van der Waals surface area contributed by atoms with Crippen LogP contribution in [0.3, 0.4) is 0 Å².